The van der Waals surface area contributed by atoms with Gasteiger partial charge in [0.2, 0.25) is 124 Å². The van der Waals surface area contributed by atoms with Crippen LogP contribution < -0.4 is 125 Å². The van der Waals surface area contributed by atoms with E-state index in [4.69, 9.17) is 34.4 Å². The van der Waals surface area contributed by atoms with E-state index in [1.807, 2.05) is 0 Å². The first-order valence-corrected chi connectivity index (χ1v) is 47.3. The van der Waals surface area contributed by atoms with Crippen LogP contribution in [0, 0.1) is 17.8 Å². The van der Waals surface area contributed by atoms with E-state index in [9.17, 15) is 146 Å². The van der Waals surface area contributed by atoms with Crippen molar-refractivity contribution in [1.29, 1.82) is 0 Å². The number of aliphatic hydroxyl groups is 4. The van der Waals surface area contributed by atoms with Gasteiger partial charge in [-0.1, -0.05) is 84.0 Å². The van der Waals surface area contributed by atoms with Gasteiger partial charge in [-0.05, 0) is 120 Å². The Morgan fingerprint density at radius 1 is 0.363 bits per heavy atom. The van der Waals surface area contributed by atoms with Crippen molar-refractivity contribution >= 4 is 149 Å². The van der Waals surface area contributed by atoms with Crippen LogP contribution in [0.4, 0.5) is 0 Å². The highest BCUT2D eigenvalue weighted by Gasteiger charge is 2.43. The van der Waals surface area contributed by atoms with Crippen LogP contribution >= 0.6 is 12.6 Å². The monoisotopic (exact) mass is 2080 g/mol. The lowest BCUT2D eigenvalue weighted by Crippen LogP contribution is -2.63. The number of nitrogens with two attached hydrogens (primary N) is 6. The van der Waals surface area contributed by atoms with Crippen molar-refractivity contribution in [2.45, 2.75) is 293 Å². The van der Waals surface area contributed by atoms with Gasteiger partial charge in [0, 0.05) is 49.7 Å². The number of amides is 21. The summed E-state index contributed by atoms with van der Waals surface area (Å²) in [6.45, 7) is 12.4. The molecule has 0 saturated carbocycles. The van der Waals surface area contributed by atoms with Crippen LogP contribution in [0.15, 0.2) is 67.1 Å². The highest BCUT2D eigenvalue weighted by atomic mass is 32.1. The number of unbranched alkanes of at least 4 members (excludes halogenated alkanes) is 1. The Morgan fingerprint density at radius 2 is 0.699 bits per heavy atom. The van der Waals surface area contributed by atoms with E-state index >= 15 is 0 Å². The van der Waals surface area contributed by atoms with E-state index in [1.54, 1.807) is 33.8 Å². The number of aromatic hydroxyl groups is 1. The lowest BCUT2D eigenvalue weighted by atomic mass is 10.0. The van der Waals surface area contributed by atoms with Crippen molar-refractivity contribution in [2.24, 2.45) is 52.2 Å². The first kappa shape index (κ1) is 126. The average molecular weight is 2080 g/mol. The summed E-state index contributed by atoms with van der Waals surface area (Å²) in [5, 5.41) is 113. The van der Waals surface area contributed by atoms with Crippen LogP contribution in [0.3, 0.4) is 0 Å². The number of phenolic OH excluding ortho intramolecular Hbond substituents is 1. The number of thiol groups is 1. The Kier molecular flexibility index (Phi) is 54.0. The molecule has 21 amide bonds. The predicted molar refractivity (Wildman–Crippen MR) is 518 cm³/mol. The minimum Gasteiger partial charge on any atom is -0.508 e. The van der Waals surface area contributed by atoms with Gasteiger partial charge in [0.05, 0.1) is 56.6 Å². The molecule has 0 unspecified atom stereocenters. The molecule has 0 bridgehead atoms. The summed E-state index contributed by atoms with van der Waals surface area (Å²) in [6, 6.07) is -19.4. The van der Waals surface area contributed by atoms with Crippen LogP contribution in [0.25, 0.3) is 0 Å². The number of aromatic nitrogens is 2. The van der Waals surface area contributed by atoms with Crippen molar-refractivity contribution in [3.8, 4) is 5.75 Å². The lowest BCUT2D eigenvalue weighted by molar-refractivity contribution is -0.142. The lowest BCUT2D eigenvalue weighted by Gasteiger charge is -2.30. The summed E-state index contributed by atoms with van der Waals surface area (Å²) < 4.78 is 0. The number of carboxylic acid groups (broad SMARTS) is 2. The highest BCUT2D eigenvalue weighted by Crippen LogP contribution is 2.18. The number of H-pyrrole nitrogens is 1. The summed E-state index contributed by atoms with van der Waals surface area (Å²) in [5.74, 6) is -30.5. The molecule has 0 radical (unpaired) electrons. The van der Waals surface area contributed by atoms with Gasteiger partial charge in [-0.2, -0.15) is 12.6 Å². The molecule has 37 N–H and O–H groups in total. The molecule has 2 aromatic carbocycles. The molecule has 0 aliphatic carbocycles. The first-order valence-electron chi connectivity index (χ1n) is 46.7. The van der Waals surface area contributed by atoms with E-state index in [2.05, 4.69) is 113 Å². The first-order chi connectivity index (χ1) is 68.4. The molecule has 0 saturated heterocycles. The molecule has 1 heterocycles. The van der Waals surface area contributed by atoms with Crippen molar-refractivity contribution < 1.29 is 146 Å². The number of aliphatic carboxylic acids is 2. The zero-order chi connectivity index (χ0) is 110. The Hall–Kier alpha value is -14.6. The maximum absolute atomic E-state index is 14.8. The van der Waals surface area contributed by atoms with Crippen LogP contribution in [0.5, 0.6) is 5.75 Å². The number of primary amides is 4. The minimum atomic E-state index is -2.20. The number of hydrogen-bond donors (Lipinski definition) is 32. The predicted octanol–water partition coefficient (Wildman–Crippen LogP) is -11.5. The number of nitrogens with zero attached hydrogens (tertiary/aromatic N) is 1. The molecule has 55 nitrogen and oxygen atoms in total. The van der Waals surface area contributed by atoms with Crippen LogP contribution in [0.1, 0.15) is 163 Å². The van der Waals surface area contributed by atoms with Gasteiger partial charge in [-0.3, -0.25) is 105 Å². The number of phenols is 1. The molecule has 810 valence electrons. The molecule has 1 aromatic heterocycles. The number of aliphatic hydroxyl groups excluding tert-OH is 4. The summed E-state index contributed by atoms with van der Waals surface area (Å²) in [6.07, 6.45) is -10.1. The number of carboxylic acids is 2. The van der Waals surface area contributed by atoms with Crippen LogP contribution in [-0.4, -0.2) is 328 Å². The van der Waals surface area contributed by atoms with E-state index in [0.717, 1.165) is 27.7 Å². The topological polar surface area (TPSA) is 924 Å². The molecule has 0 aliphatic heterocycles. The van der Waals surface area contributed by atoms with E-state index in [1.165, 1.54) is 74.9 Å². The average Bonchev–Trinajstić information content (AvgIpc) is 0.899. The third kappa shape index (κ3) is 45.1. The molecule has 56 heteroatoms. The Bertz CT molecular complexity index is 4980. The smallest absolute Gasteiger partial charge is 0.326 e. The molecule has 3 rings (SSSR count). The van der Waals surface area contributed by atoms with Gasteiger partial charge in [0.15, 0.2) is 0 Å². The summed E-state index contributed by atoms with van der Waals surface area (Å²) >= 11 is 4.00. The third-order valence-electron chi connectivity index (χ3n) is 22.0. The van der Waals surface area contributed by atoms with Crippen molar-refractivity contribution in [1.82, 2.24) is 100 Å². The fourth-order valence-corrected chi connectivity index (χ4v) is 14.3. The second kappa shape index (κ2) is 62.8. The molecule has 0 spiro atoms. The van der Waals surface area contributed by atoms with Gasteiger partial charge in [-0.25, -0.2) is 9.78 Å². The Labute approximate surface area is 844 Å². The molecule has 0 fully saturated rings. The van der Waals surface area contributed by atoms with Gasteiger partial charge in [0.25, 0.3) is 0 Å². The summed E-state index contributed by atoms with van der Waals surface area (Å²) in [5.41, 5.74) is 34.3. The Morgan fingerprint density at radius 3 is 1.12 bits per heavy atom. The molecule has 0 aliphatic rings. The Balaban J connectivity index is 1.91. The largest absolute Gasteiger partial charge is 0.508 e. The maximum Gasteiger partial charge on any atom is 0.326 e. The van der Waals surface area contributed by atoms with Crippen molar-refractivity contribution in [3.63, 3.8) is 0 Å². The summed E-state index contributed by atoms with van der Waals surface area (Å²) in [7, 11) is 0. The second-order valence-electron chi connectivity index (χ2n) is 36.0. The second-order valence-corrected chi connectivity index (χ2v) is 36.4. The van der Waals surface area contributed by atoms with E-state index < -0.39 is 339 Å². The molecule has 3 aromatic rings. The fraction of sp³-hybridized carbons (Fsp3) is 0.578. The molecule has 146 heavy (non-hydrogen) atoms. The number of aromatic amines is 1. The number of carbonyl (C=O) groups excluding carboxylic acids is 21. The van der Waals surface area contributed by atoms with Crippen LogP contribution in [0.2, 0.25) is 0 Å². The fourth-order valence-electron chi connectivity index (χ4n) is 14.1. The number of carbonyl (C=O) groups is 23. The van der Waals surface area contributed by atoms with Crippen molar-refractivity contribution in [3.05, 3.63) is 83.9 Å². The minimum absolute atomic E-state index is 0.0111. The number of hydrogen-bond acceptors (Lipinski definition) is 32. The van der Waals surface area contributed by atoms with Crippen molar-refractivity contribution in [2.75, 3.05) is 18.9 Å². The van der Waals surface area contributed by atoms with E-state index in [-0.39, 0.29) is 55.8 Å². The number of benzene rings is 2. The zero-order valence-corrected chi connectivity index (χ0v) is 83.2. The van der Waals surface area contributed by atoms with E-state index in [0.29, 0.717) is 24.0 Å². The number of imidazole rings is 1. The van der Waals surface area contributed by atoms with Gasteiger partial charge >= 0.3 is 11.9 Å². The number of rotatable bonds is 67. The quantitative estimate of drug-likeness (QED) is 0.0184. The highest BCUT2D eigenvalue weighted by molar-refractivity contribution is 7.80. The number of nitrogens with one attached hydrogen (secondary N) is 18. The molecular formula is C90H139N25O30S. The van der Waals surface area contributed by atoms with Gasteiger partial charge in [-0.15, -0.1) is 0 Å². The standard InChI is InChI=1S/C90H139N25O30S/c1-40(2)28-55(107-87(141)71(45(9)118)114-84(138)61(35-67(96)124)106-75(129)52(18-14-15-27-91)100-74(128)51(92)38-146)78(132)99-43(7)73(127)103-60(34-66(95)123)83(137)112-69(42(5)6)86(140)115-72(46(10)119)89(143)108-57(30-47-16-12-11-13-17-47)80(134)102-54(24-26-68(125)126)76(130)101-53(23-25-64(93)121)77(131)113-70(44(8)117)88(142)109-59(33-65(94)122)82(136)104-56(29-41(3)4)79(133)111-63(37-116)85(139)105-58(32-49-36-97-39-98-49)81(135)110-62(90(144)145)31-48-19-21-50(120)22-20-48/h11-13,16-17,19-22,36,39-46,51-63,69-72,116-120,146H,14-15,18,23-35,37-38,91-92H2,1-10H3,(H2,93,121)(H2,94,122)(H2,95,123)(H2,96,124)(H,97,98)(H,99,132)(H,100,128)(H,101,130)(H,102,134)(H,103,127)(H,104,136)(H,105,139)(H,106,129)(H,107,141)(H,108,143)(H,109,142)(H,110,135)(H,111,133)(H,112,137)(H,113,131)(H,114,138)(H,115,140)(H,125,126)(H,144,145)/t43-,44+,45+,46+,51-,52-,53-,54-,55-,56-,57-,58-,59-,60-,61-,62-,63-,69-,70-,71-,72-/m0/s1. The molecule has 21 atom stereocenters. The molecular weight excluding hydrogens is 1940 g/mol. The normalized spacial score (nSPS) is 15.5. The van der Waals surface area contributed by atoms with Gasteiger partial charge in [0.1, 0.15) is 108 Å². The summed E-state index contributed by atoms with van der Waals surface area (Å²) in [4.78, 5) is 321. The van der Waals surface area contributed by atoms with Crippen LogP contribution in [-0.2, 0) is 130 Å². The maximum atomic E-state index is 14.8. The third-order valence-corrected chi connectivity index (χ3v) is 22.4. The zero-order valence-electron chi connectivity index (χ0n) is 82.3. The van der Waals surface area contributed by atoms with Gasteiger partial charge < -0.3 is 166 Å². The SMILES string of the molecule is CC(C)C[C@H](NC(=O)[C@H](CC(N)=O)NC(=O)[C@@H](NC(=O)[C@H](CCC(N)=O)NC(=O)[C@H](CCC(=O)O)NC(=O)[C@H](Cc1ccccc1)NC(=O)[C@@H](NC(=O)[C@@H](NC(=O)[C@H](CC(N)=O)NC(=O)[C@H](C)NC(=O)[C@H](CC(C)C)NC(=O)[C@@H](NC(=O)[C@H](CC(N)=O)NC(=O)[C@H](CCCCN)NC(=O)[C@@H](N)CS)[C@@H](C)O)C(C)C)[C@@H](C)O)[C@@H](C)O)C(=O)N[C@@H](CO)C(=O)N[C@@H](Cc1cnc[nH]1)C(=O)N[C@@H](Cc1ccc(O)cc1)C(=O)O.